The number of nitrogens with zero attached hydrogens (tertiary/aromatic N) is 3. The Morgan fingerprint density at radius 3 is 2.15 bits per heavy atom. The Labute approximate surface area is 156 Å². The molecule has 1 aliphatic rings. The van der Waals surface area contributed by atoms with E-state index in [1.165, 1.54) is 16.8 Å². The zero-order valence-electron chi connectivity index (χ0n) is 17.1. The van der Waals surface area contributed by atoms with E-state index in [4.69, 9.17) is 4.74 Å². The predicted octanol–water partition coefficient (Wildman–Crippen LogP) is 4.00. The minimum Gasteiger partial charge on any atom is -0.496 e. The van der Waals surface area contributed by atoms with Gasteiger partial charge in [-0.1, -0.05) is 33.4 Å². The third-order valence-corrected chi connectivity index (χ3v) is 4.99. The van der Waals surface area contributed by atoms with E-state index in [-0.39, 0.29) is 17.5 Å². The summed E-state index contributed by atoms with van der Waals surface area (Å²) >= 11 is 0. The van der Waals surface area contributed by atoms with Gasteiger partial charge in [0.2, 0.25) is 0 Å². The van der Waals surface area contributed by atoms with Crippen LogP contribution in [0.2, 0.25) is 0 Å². The predicted molar refractivity (Wildman–Crippen MR) is 102 cm³/mol. The lowest BCUT2D eigenvalue weighted by Gasteiger charge is -2.39. The van der Waals surface area contributed by atoms with Crippen molar-refractivity contribution >= 4 is 12.1 Å². The number of ether oxygens (including phenoxy) is 1. The number of aryl methyl sites for hydroxylation is 1. The fourth-order valence-corrected chi connectivity index (χ4v) is 3.27. The van der Waals surface area contributed by atoms with Gasteiger partial charge >= 0.3 is 12.1 Å². The van der Waals surface area contributed by atoms with Crippen molar-refractivity contribution in [2.45, 2.75) is 46.6 Å². The van der Waals surface area contributed by atoms with Crippen molar-refractivity contribution in [2.75, 3.05) is 21.2 Å². The standard InChI is InChI=1S/C20H29N3O3/c1-12-10-16(20(4,5)6)17(26-9)13(2)15(12)11-23-14(3)21(7)18(24)22(8)19(23)25/h10H,3,11H2,1-2,4-9H3. The molecule has 1 aromatic carbocycles. The number of imide groups is 1. The van der Waals surface area contributed by atoms with Gasteiger partial charge in [-0.05, 0) is 36.0 Å². The Kier molecular flexibility index (Phi) is 5.08. The van der Waals surface area contributed by atoms with Crippen molar-refractivity contribution in [3.05, 3.63) is 40.7 Å². The maximum absolute atomic E-state index is 12.6. The molecule has 0 atom stereocenters. The third-order valence-electron chi connectivity index (χ3n) is 4.99. The van der Waals surface area contributed by atoms with Gasteiger partial charge in [-0.25, -0.2) is 14.5 Å². The number of hydrogen-bond donors (Lipinski definition) is 0. The molecular weight excluding hydrogens is 330 g/mol. The molecule has 6 nitrogen and oxygen atoms in total. The summed E-state index contributed by atoms with van der Waals surface area (Å²) in [5.74, 6) is 1.21. The molecule has 1 fully saturated rings. The van der Waals surface area contributed by atoms with Crippen LogP contribution in [0.3, 0.4) is 0 Å². The number of carbonyl (C=O) groups is 2. The molecule has 1 aliphatic heterocycles. The Hall–Kier alpha value is -2.50. The van der Waals surface area contributed by atoms with Crippen LogP contribution in [-0.2, 0) is 12.0 Å². The maximum atomic E-state index is 12.6. The Bertz CT molecular complexity index is 753. The second-order valence-electron chi connectivity index (χ2n) is 7.81. The second kappa shape index (κ2) is 6.67. The maximum Gasteiger partial charge on any atom is 0.333 e. The molecule has 0 saturated carbocycles. The van der Waals surface area contributed by atoms with Crippen LogP contribution in [0.1, 0.15) is 43.0 Å². The summed E-state index contributed by atoms with van der Waals surface area (Å²) in [6.45, 7) is 14.7. The first kappa shape index (κ1) is 19.8. The summed E-state index contributed by atoms with van der Waals surface area (Å²) in [5, 5.41) is 0. The van der Waals surface area contributed by atoms with Gasteiger partial charge in [0.15, 0.2) is 0 Å². The van der Waals surface area contributed by atoms with Crippen LogP contribution in [0.5, 0.6) is 5.75 Å². The topological polar surface area (TPSA) is 53.1 Å². The number of methoxy groups -OCH3 is 1. The first-order valence-corrected chi connectivity index (χ1v) is 8.61. The summed E-state index contributed by atoms with van der Waals surface area (Å²) in [6.07, 6.45) is 0. The largest absolute Gasteiger partial charge is 0.496 e. The van der Waals surface area contributed by atoms with E-state index in [1.807, 2.05) is 13.8 Å². The van der Waals surface area contributed by atoms with Gasteiger partial charge in [0.05, 0.1) is 13.7 Å². The lowest BCUT2D eigenvalue weighted by atomic mass is 9.82. The summed E-state index contributed by atoms with van der Waals surface area (Å²) in [7, 11) is 4.76. The number of benzene rings is 1. The van der Waals surface area contributed by atoms with Crippen molar-refractivity contribution in [3.63, 3.8) is 0 Å². The van der Waals surface area contributed by atoms with E-state index in [0.29, 0.717) is 12.4 Å². The van der Waals surface area contributed by atoms with E-state index < -0.39 is 0 Å². The summed E-state index contributed by atoms with van der Waals surface area (Å²) in [6, 6.07) is 1.36. The average Bonchev–Trinajstić information content (AvgIpc) is 2.56. The highest BCUT2D eigenvalue weighted by Gasteiger charge is 2.36. The summed E-state index contributed by atoms with van der Waals surface area (Å²) in [4.78, 5) is 28.7. The van der Waals surface area contributed by atoms with Crippen molar-refractivity contribution in [1.29, 1.82) is 0 Å². The van der Waals surface area contributed by atoms with Gasteiger partial charge < -0.3 is 4.74 Å². The smallest absolute Gasteiger partial charge is 0.333 e. The quantitative estimate of drug-likeness (QED) is 0.820. The molecule has 0 aliphatic carbocycles. The molecule has 0 N–H and O–H groups in total. The van der Waals surface area contributed by atoms with Gasteiger partial charge in [-0.15, -0.1) is 0 Å². The number of urea groups is 2. The van der Waals surface area contributed by atoms with E-state index in [9.17, 15) is 9.59 Å². The van der Waals surface area contributed by atoms with Gasteiger partial charge in [0.1, 0.15) is 11.6 Å². The molecule has 1 saturated heterocycles. The lowest BCUT2D eigenvalue weighted by molar-refractivity contribution is 0.123. The monoisotopic (exact) mass is 359 g/mol. The molecule has 0 spiro atoms. The van der Waals surface area contributed by atoms with Crippen LogP contribution < -0.4 is 4.74 Å². The van der Waals surface area contributed by atoms with Gasteiger partial charge in [-0.3, -0.25) is 9.80 Å². The second-order valence-corrected chi connectivity index (χ2v) is 7.81. The van der Waals surface area contributed by atoms with Gasteiger partial charge in [0, 0.05) is 19.7 Å². The fraction of sp³-hybridized carbons (Fsp3) is 0.500. The lowest BCUT2D eigenvalue weighted by Crippen LogP contribution is -2.56. The molecule has 1 heterocycles. The van der Waals surface area contributed by atoms with Crippen LogP contribution in [0, 0.1) is 13.8 Å². The van der Waals surface area contributed by atoms with E-state index >= 15 is 0 Å². The van der Waals surface area contributed by atoms with Crippen molar-refractivity contribution in [3.8, 4) is 5.75 Å². The molecule has 0 bridgehead atoms. The molecule has 26 heavy (non-hydrogen) atoms. The van der Waals surface area contributed by atoms with Crippen molar-refractivity contribution in [1.82, 2.24) is 14.7 Å². The molecule has 0 radical (unpaired) electrons. The van der Waals surface area contributed by atoms with Crippen LogP contribution in [-0.4, -0.2) is 48.0 Å². The molecule has 142 valence electrons. The molecule has 2 rings (SSSR count). The van der Waals surface area contributed by atoms with Gasteiger partial charge in [-0.2, -0.15) is 0 Å². The zero-order chi connectivity index (χ0) is 20.0. The fourth-order valence-electron chi connectivity index (χ4n) is 3.27. The number of rotatable bonds is 3. The van der Waals surface area contributed by atoms with Crippen molar-refractivity contribution < 1.29 is 14.3 Å². The molecule has 1 aromatic rings. The first-order valence-electron chi connectivity index (χ1n) is 8.61. The molecule has 6 heteroatoms. The highest BCUT2D eigenvalue weighted by atomic mass is 16.5. The molecule has 0 aromatic heterocycles. The van der Waals surface area contributed by atoms with Crippen LogP contribution >= 0.6 is 0 Å². The highest BCUT2D eigenvalue weighted by Crippen LogP contribution is 2.38. The van der Waals surface area contributed by atoms with Crippen LogP contribution in [0.25, 0.3) is 0 Å². The molecule has 0 unspecified atom stereocenters. The van der Waals surface area contributed by atoms with Gasteiger partial charge in [0.25, 0.3) is 0 Å². The summed E-state index contributed by atoms with van der Waals surface area (Å²) in [5.41, 5.74) is 4.15. The summed E-state index contributed by atoms with van der Waals surface area (Å²) < 4.78 is 5.70. The first-order chi connectivity index (χ1) is 11.9. The zero-order valence-corrected chi connectivity index (χ0v) is 17.1. The van der Waals surface area contributed by atoms with E-state index in [2.05, 4.69) is 33.4 Å². The number of amides is 4. The Morgan fingerprint density at radius 2 is 1.65 bits per heavy atom. The SMILES string of the molecule is C=C1N(C)C(=O)N(C)C(=O)N1Cc1c(C)cc(C(C)(C)C)c(OC)c1C. The minimum absolute atomic E-state index is 0.0587. The highest BCUT2D eigenvalue weighted by molar-refractivity contribution is 5.97. The minimum atomic E-state index is -0.384. The number of hydrogen-bond acceptors (Lipinski definition) is 3. The van der Waals surface area contributed by atoms with Crippen molar-refractivity contribution in [2.24, 2.45) is 0 Å². The Balaban J connectivity index is 2.52. The molecular formula is C20H29N3O3. The molecule has 4 amide bonds. The number of carbonyl (C=O) groups excluding carboxylic acids is 2. The Morgan fingerprint density at radius 1 is 1.08 bits per heavy atom. The normalized spacial score (nSPS) is 15.8. The average molecular weight is 359 g/mol. The van der Waals surface area contributed by atoms with Crippen LogP contribution in [0.15, 0.2) is 18.5 Å². The third kappa shape index (κ3) is 3.16. The van der Waals surface area contributed by atoms with E-state index in [1.54, 1.807) is 14.2 Å². The van der Waals surface area contributed by atoms with Crippen LogP contribution in [0.4, 0.5) is 9.59 Å². The van der Waals surface area contributed by atoms with E-state index in [0.717, 1.165) is 32.9 Å².